The minimum atomic E-state index is -0.0511. The molecule has 0 aliphatic carbocycles. The average Bonchev–Trinajstić information content (AvgIpc) is 3.28. The third kappa shape index (κ3) is 5.33. The standard InChI is InChI=1S/C24H22N4O3/c1-30-20-11-8-17(9-12-20)10-13-22(29)26-21-7-3-2-5-18(21)15-23-27-24(28-31-23)19-6-4-14-25-16-19/h2-9,11-12,14,16H,10,13,15H2,1H3,(H,26,29). The molecule has 0 bridgehead atoms. The van der Waals surface area contributed by atoms with Crippen molar-refractivity contribution in [1.29, 1.82) is 0 Å². The van der Waals surface area contributed by atoms with Crippen LogP contribution in [-0.4, -0.2) is 28.1 Å². The van der Waals surface area contributed by atoms with Crippen LogP contribution in [-0.2, 0) is 17.6 Å². The summed E-state index contributed by atoms with van der Waals surface area (Å²) < 4.78 is 10.6. The Balaban J connectivity index is 1.39. The average molecular weight is 414 g/mol. The fraction of sp³-hybridized carbons (Fsp3) is 0.167. The van der Waals surface area contributed by atoms with Gasteiger partial charge in [-0.2, -0.15) is 4.98 Å². The van der Waals surface area contributed by atoms with Crippen LogP contribution in [0.25, 0.3) is 11.4 Å². The molecule has 2 aromatic carbocycles. The van der Waals surface area contributed by atoms with E-state index >= 15 is 0 Å². The lowest BCUT2D eigenvalue weighted by Gasteiger charge is -2.10. The molecule has 7 nitrogen and oxygen atoms in total. The molecule has 156 valence electrons. The molecular weight excluding hydrogens is 392 g/mol. The zero-order valence-electron chi connectivity index (χ0n) is 17.1. The molecule has 7 heteroatoms. The fourth-order valence-corrected chi connectivity index (χ4v) is 3.16. The van der Waals surface area contributed by atoms with Crippen molar-refractivity contribution in [2.75, 3.05) is 12.4 Å². The van der Waals surface area contributed by atoms with Crippen molar-refractivity contribution >= 4 is 11.6 Å². The smallest absolute Gasteiger partial charge is 0.231 e. The van der Waals surface area contributed by atoms with Gasteiger partial charge >= 0.3 is 0 Å². The number of para-hydroxylation sites is 1. The van der Waals surface area contributed by atoms with Gasteiger partial charge in [0, 0.05) is 30.1 Å². The lowest BCUT2D eigenvalue weighted by molar-refractivity contribution is -0.116. The molecule has 31 heavy (non-hydrogen) atoms. The van der Waals surface area contributed by atoms with E-state index < -0.39 is 0 Å². The molecule has 0 atom stereocenters. The van der Waals surface area contributed by atoms with Gasteiger partial charge in [-0.3, -0.25) is 9.78 Å². The van der Waals surface area contributed by atoms with Crippen LogP contribution in [0.5, 0.6) is 5.75 Å². The number of ether oxygens (including phenoxy) is 1. The molecule has 0 saturated carbocycles. The van der Waals surface area contributed by atoms with Crippen molar-refractivity contribution in [2.24, 2.45) is 0 Å². The van der Waals surface area contributed by atoms with Crippen LogP contribution in [0.1, 0.15) is 23.4 Å². The number of benzene rings is 2. The second-order valence-electron chi connectivity index (χ2n) is 6.98. The highest BCUT2D eigenvalue weighted by Gasteiger charge is 2.13. The van der Waals surface area contributed by atoms with Crippen LogP contribution < -0.4 is 10.1 Å². The number of carbonyl (C=O) groups is 1. The van der Waals surface area contributed by atoms with E-state index in [0.29, 0.717) is 31.0 Å². The van der Waals surface area contributed by atoms with Crippen LogP contribution in [0.2, 0.25) is 0 Å². The number of anilines is 1. The Labute approximate surface area is 180 Å². The van der Waals surface area contributed by atoms with Crippen LogP contribution in [0.15, 0.2) is 77.6 Å². The van der Waals surface area contributed by atoms with Gasteiger partial charge in [-0.05, 0) is 47.9 Å². The second-order valence-corrected chi connectivity index (χ2v) is 6.98. The molecule has 0 aliphatic heterocycles. The van der Waals surface area contributed by atoms with Crippen molar-refractivity contribution in [2.45, 2.75) is 19.3 Å². The SMILES string of the molecule is COc1ccc(CCC(=O)Nc2ccccc2Cc2nc(-c3cccnc3)no2)cc1. The molecule has 2 heterocycles. The van der Waals surface area contributed by atoms with E-state index in [9.17, 15) is 4.79 Å². The Bertz CT molecular complexity index is 1140. The van der Waals surface area contributed by atoms with E-state index in [-0.39, 0.29) is 5.91 Å². The lowest BCUT2D eigenvalue weighted by atomic mass is 10.1. The Morgan fingerprint density at radius 2 is 1.90 bits per heavy atom. The van der Waals surface area contributed by atoms with Crippen molar-refractivity contribution in [1.82, 2.24) is 15.1 Å². The predicted octanol–water partition coefficient (Wildman–Crippen LogP) is 4.30. The Hall–Kier alpha value is -4.00. The monoisotopic (exact) mass is 414 g/mol. The number of aromatic nitrogens is 3. The minimum Gasteiger partial charge on any atom is -0.497 e. The molecular formula is C24H22N4O3. The van der Waals surface area contributed by atoms with E-state index in [0.717, 1.165) is 28.1 Å². The van der Waals surface area contributed by atoms with Gasteiger partial charge in [-0.15, -0.1) is 0 Å². The predicted molar refractivity (Wildman–Crippen MR) is 117 cm³/mol. The van der Waals surface area contributed by atoms with E-state index in [2.05, 4.69) is 20.4 Å². The number of amides is 1. The zero-order chi connectivity index (χ0) is 21.5. The number of aryl methyl sites for hydroxylation is 1. The molecule has 4 rings (SSSR count). The van der Waals surface area contributed by atoms with Crippen LogP contribution in [0.3, 0.4) is 0 Å². The maximum absolute atomic E-state index is 12.5. The molecule has 0 spiro atoms. The fourth-order valence-electron chi connectivity index (χ4n) is 3.16. The van der Waals surface area contributed by atoms with Crippen molar-refractivity contribution < 1.29 is 14.1 Å². The van der Waals surface area contributed by atoms with Gasteiger partial charge in [0.25, 0.3) is 0 Å². The summed E-state index contributed by atoms with van der Waals surface area (Å²) >= 11 is 0. The number of hydrogen-bond acceptors (Lipinski definition) is 6. The molecule has 4 aromatic rings. The third-order valence-electron chi connectivity index (χ3n) is 4.82. The summed E-state index contributed by atoms with van der Waals surface area (Å²) in [5, 5.41) is 7.02. The first-order valence-electron chi connectivity index (χ1n) is 9.95. The summed E-state index contributed by atoms with van der Waals surface area (Å²) in [4.78, 5) is 21.0. The number of rotatable bonds is 8. The summed E-state index contributed by atoms with van der Waals surface area (Å²) in [6.07, 6.45) is 4.83. The number of methoxy groups -OCH3 is 1. The minimum absolute atomic E-state index is 0.0511. The first kappa shape index (κ1) is 20.3. The van der Waals surface area contributed by atoms with E-state index in [1.54, 1.807) is 19.5 Å². The second kappa shape index (κ2) is 9.67. The van der Waals surface area contributed by atoms with Crippen molar-refractivity contribution in [3.8, 4) is 17.1 Å². The molecule has 0 saturated heterocycles. The van der Waals surface area contributed by atoms with Crippen LogP contribution in [0.4, 0.5) is 5.69 Å². The molecule has 0 aliphatic rings. The van der Waals surface area contributed by atoms with E-state index in [1.807, 2.05) is 60.7 Å². The highest BCUT2D eigenvalue weighted by Crippen LogP contribution is 2.21. The molecule has 2 aromatic heterocycles. The van der Waals surface area contributed by atoms with Gasteiger partial charge in [0.15, 0.2) is 0 Å². The number of hydrogen-bond donors (Lipinski definition) is 1. The normalized spacial score (nSPS) is 10.6. The zero-order valence-corrected chi connectivity index (χ0v) is 17.1. The summed E-state index contributed by atoms with van der Waals surface area (Å²) in [5.41, 5.74) is 3.51. The number of carbonyl (C=O) groups excluding carboxylic acids is 1. The molecule has 1 amide bonds. The Morgan fingerprint density at radius 1 is 1.06 bits per heavy atom. The first-order valence-corrected chi connectivity index (χ1v) is 9.95. The number of pyridine rings is 1. The van der Waals surface area contributed by atoms with Crippen molar-refractivity contribution in [3.05, 3.63) is 90.1 Å². The summed E-state index contributed by atoms with van der Waals surface area (Å²) in [7, 11) is 1.63. The Morgan fingerprint density at radius 3 is 2.68 bits per heavy atom. The quantitative estimate of drug-likeness (QED) is 0.462. The van der Waals surface area contributed by atoms with Gasteiger partial charge < -0.3 is 14.6 Å². The maximum Gasteiger partial charge on any atom is 0.231 e. The van der Waals surface area contributed by atoms with Gasteiger partial charge in [0.2, 0.25) is 17.6 Å². The highest BCUT2D eigenvalue weighted by atomic mass is 16.5. The van der Waals surface area contributed by atoms with Gasteiger partial charge in [0.05, 0.1) is 13.5 Å². The maximum atomic E-state index is 12.5. The van der Waals surface area contributed by atoms with Gasteiger partial charge in [0.1, 0.15) is 5.75 Å². The lowest BCUT2D eigenvalue weighted by Crippen LogP contribution is -2.14. The first-order chi connectivity index (χ1) is 15.2. The summed E-state index contributed by atoms with van der Waals surface area (Å²) in [5.74, 6) is 1.71. The molecule has 0 unspecified atom stereocenters. The van der Waals surface area contributed by atoms with Gasteiger partial charge in [-0.25, -0.2) is 0 Å². The molecule has 0 fully saturated rings. The van der Waals surface area contributed by atoms with Gasteiger partial charge in [-0.1, -0.05) is 35.5 Å². The molecule has 0 radical (unpaired) electrons. The van der Waals surface area contributed by atoms with Crippen LogP contribution >= 0.6 is 0 Å². The van der Waals surface area contributed by atoms with Crippen LogP contribution in [0, 0.1) is 0 Å². The number of nitrogens with zero attached hydrogens (tertiary/aromatic N) is 3. The Kier molecular flexibility index (Phi) is 6.32. The third-order valence-corrected chi connectivity index (χ3v) is 4.82. The topological polar surface area (TPSA) is 90.1 Å². The highest BCUT2D eigenvalue weighted by molar-refractivity contribution is 5.91. The van der Waals surface area contributed by atoms with E-state index in [1.165, 1.54) is 0 Å². The van der Waals surface area contributed by atoms with E-state index in [4.69, 9.17) is 9.26 Å². The summed E-state index contributed by atoms with van der Waals surface area (Å²) in [6.45, 7) is 0. The molecule has 1 N–H and O–H groups in total. The largest absolute Gasteiger partial charge is 0.497 e. The van der Waals surface area contributed by atoms with Crippen molar-refractivity contribution in [3.63, 3.8) is 0 Å². The summed E-state index contributed by atoms with van der Waals surface area (Å²) in [6, 6.07) is 19.0. The number of nitrogens with one attached hydrogen (secondary N) is 1.